The van der Waals surface area contributed by atoms with Gasteiger partial charge < -0.3 is 15.0 Å². The number of aromatic nitrogens is 2. The van der Waals surface area contributed by atoms with Crippen LogP contribution in [0.4, 0.5) is 5.69 Å². The fourth-order valence-electron chi connectivity index (χ4n) is 2.17. The van der Waals surface area contributed by atoms with Crippen LogP contribution in [0.15, 0.2) is 12.4 Å². The zero-order valence-electron chi connectivity index (χ0n) is 10.9. The topological polar surface area (TPSA) is 59.4 Å². The Labute approximate surface area is 107 Å². The summed E-state index contributed by atoms with van der Waals surface area (Å²) < 4.78 is 6.80. The Hall–Kier alpha value is -1.40. The van der Waals surface area contributed by atoms with Crippen molar-refractivity contribution in [2.45, 2.75) is 25.9 Å². The van der Waals surface area contributed by atoms with Crippen LogP contribution in [0.25, 0.3) is 0 Å². The Morgan fingerprint density at radius 3 is 3.17 bits per heavy atom. The molecule has 0 aliphatic carbocycles. The van der Waals surface area contributed by atoms with E-state index in [0.717, 1.165) is 25.2 Å². The van der Waals surface area contributed by atoms with Crippen molar-refractivity contribution in [2.24, 2.45) is 0 Å². The average molecular weight is 252 g/mol. The van der Waals surface area contributed by atoms with Gasteiger partial charge in [0.05, 0.1) is 31.1 Å². The van der Waals surface area contributed by atoms with Gasteiger partial charge in [0.2, 0.25) is 5.91 Å². The summed E-state index contributed by atoms with van der Waals surface area (Å²) in [6, 6.07) is -0.0441. The molecule has 18 heavy (non-hydrogen) atoms. The maximum atomic E-state index is 12.1. The van der Waals surface area contributed by atoms with Gasteiger partial charge in [-0.2, -0.15) is 5.10 Å². The van der Waals surface area contributed by atoms with Crippen LogP contribution in [-0.2, 0) is 16.1 Å². The zero-order chi connectivity index (χ0) is 13.0. The standard InChI is InChI=1S/C12H20N4O2/c1-3-13-11-4-5-16(12(11)17)10-8-14-15(9-10)6-7-18-2/h8-9,11,13H,3-7H2,1-2H3. The highest BCUT2D eigenvalue weighted by atomic mass is 16.5. The predicted molar refractivity (Wildman–Crippen MR) is 68.5 cm³/mol. The Balaban J connectivity index is 1.99. The summed E-state index contributed by atoms with van der Waals surface area (Å²) in [5.74, 6) is 0.142. The second-order valence-corrected chi connectivity index (χ2v) is 4.34. The van der Waals surface area contributed by atoms with Crippen molar-refractivity contribution >= 4 is 11.6 Å². The number of nitrogens with zero attached hydrogens (tertiary/aromatic N) is 3. The van der Waals surface area contributed by atoms with Gasteiger partial charge in [-0.15, -0.1) is 0 Å². The summed E-state index contributed by atoms with van der Waals surface area (Å²) in [6.45, 7) is 4.91. The molecule has 1 aromatic rings. The van der Waals surface area contributed by atoms with Crippen molar-refractivity contribution in [3.63, 3.8) is 0 Å². The molecule has 2 heterocycles. The van der Waals surface area contributed by atoms with E-state index in [1.54, 1.807) is 22.9 Å². The lowest BCUT2D eigenvalue weighted by atomic mass is 10.2. The molecule has 0 bridgehead atoms. The van der Waals surface area contributed by atoms with E-state index in [-0.39, 0.29) is 11.9 Å². The number of carbonyl (C=O) groups excluding carboxylic acids is 1. The second kappa shape index (κ2) is 5.97. The Morgan fingerprint density at radius 1 is 1.61 bits per heavy atom. The first kappa shape index (κ1) is 13.0. The number of ether oxygens (including phenoxy) is 1. The molecule has 1 aromatic heterocycles. The van der Waals surface area contributed by atoms with E-state index >= 15 is 0 Å². The monoisotopic (exact) mass is 252 g/mol. The van der Waals surface area contributed by atoms with E-state index < -0.39 is 0 Å². The van der Waals surface area contributed by atoms with Gasteiger partial charge in [0.25, 0.3) is 0 Å². The van der Waals surface area contributed by atoms with Crippen molar-refractivity contribution in [3.05, 3.63) is 12.4 Å². The average Bonchev–Trinajstić information content (AvgIpc) is 2.95. The molecule has 0 aromatic carbocycles. The van der Waals surface area contributed by atoms with Crippen molar-refractivity contribution in [1.82, 2.24) is 15.1 Å². The van der Waals surface area contributed by atoms with Gasteiger partial charge in [0, 0.05) is 19.9 Å². The lowest BCUT2D eigenvalue weighted by Gasteiger charge is -2.14. The van der Waals surface area contributed by atoms with Crippen molar-refractivity contribution in [1.29, 1.82) is 0 Å². The number of amides is 1. The molecule has 0 saturated carbocycles. The van der Waals surface area contributed by atoms with Gasteiger partial charge in [-0.3, -0.25) is 9.48 Å². The highest BCUT2D eigenvalue weighted by molar-refractivity contribution is 5.99. The molecule has 1 N–H and O–H groups in total. The van der Waals surface area contributed by atoms with E-state index in [1.807, 2.05) is 13.1 Å². The van der Waals surface area contributed by atoms with Gasteiger partial charge in [-0.1, -0.05) is 6.92 Å². The van der Waals surface area contributed by atoms with Crippen LogP contribution < -0.4 is 10.2 Å². The SMILES string of the molecule is CCNC1CCN(c2cnn(CCOC)c2)C1=O. The molecule has 1 unspecified atom stereocenters. The molecule has 0 spiro atoms. The van der Waals surface area contributed by atoms with Crippen LogP contribution in [0.5, 0.6) is 0 Å². The number of hydrogen-bond donors (Lipinski definition) is 1. The van der Waals surface area contributed by atoms with E-state index in [0.29, 0.717) is 13.2 Å². The van der Waals surface area contributed by atoms with E-state index in [2.05, 4.69) is 10.4 Å². The smallest absolute Gasteiger partial charge is 0.244 e. The van der Waals surface area contributed by atoms with E-state index in [1.165, 1.54) is 0 Å². The highest BCUT2D eigenvalue weighted by Crippen LogP contribution is 2.20. The third-order valence-corrected chi connectivity index (χ3v) is 3.11. The summed E-state index contributed by atoms with van der Waals surface area (Å²) in [5.41, 5.74) is 0.872. The number of hydrogen-bond acceptors (Lipinski definition) is 4. The number of methoxy groups -OCH3 is 1. The molecule has 0 radical (unpaired) electrons. The lowest BCUT2D eigenvalue weighted by molar-refractivity contribution is -0.118. The Kier molecular flexibility index (Phi) is 4.33. The fraction of sp³-hybridized carbons (Fsp3) is 0.667. The summed E-state index contributed by atoms with van der Waals surface area (Å²) in [7, 11) is 1.66. The van der Waals surface area contributed by atoms with Gasteiger partial charge in [0.15, 0.2) is 0 Å². The Bertz CT molecular complexity index is 405. The molecule has 1 amide bonds. The number of carbonyl (C=O) groups is 1. The number of anilines is 1. The number of rotatable bonds is 6. The van der Waals surface area contributed by atoms with Crippen LogP contribution >= 0.6 is 0 Å². The van der Waals surface area contributed by atoms with Crippen LogP contribution in [0.2, 0.25) is 0 Å². The molecular formula is C12H20N4O2. The first-order valence-electron chi connectivity index (χ1n) is 6.32. The van der Waals surface area contributed by atoms with E-state index in [9.17, 15) is 4.79 Å². The molecule has 1 saturated heterocycles. The highest BCUT2D eigenvalue weighted by Gasteiger charge is 2.32. The summed E-state index contributed by atoms with van der Waals surface area (Å²) in [6.07, 6.45) is 4.49. The quantitative estimate of drug-likeness (QED) is 0.788. The van der Waals surface area contributed by atoms with Crippen molar-refractivity contribution in [3.8, 4) is 0 Å². The first-order valence-corrected chi connectivity index (χ1v) is 6.32. The van der Waals surface area contributed by atoms with E-state index in [4.69, 9.17) is 4.74 Å². The third kappa shape index (κ3) is 2.70. The summed E-state index contributed by atoms with van der Waals surface area (Å²) >= 11 is 0. The maximum absolute atomic E-state index is 12.1. The van der Waals surface area contributed by atoms with Gasteiger partial charge in [-0.25, -0.2) is 0 Å². The van der Waals surface area contributed by atoms with Crippen LogP contribution in [0.3, 0.4) is 0 Å². The molecule has 6 nitrogen and oxygen atoms in total. The predicted octanol–water partition coefficient (Wildman–Crippen LogP) is 0.244. The molecule has 1 fully saturated rings. The van der Waals surface area contributed by atoms with Gasteiger partial charge >= 0.3 is 0 Å². The van der Waals surface area contributed by atoms with Crippen LogP contribution in [0, 0.1) is 0 Å². The molecule has 6 heteroatoms. The Morgan fingerprint density at radius 2 is 2.44 bits per heavy atom. The van der Waals surface area contributed by atoms with Crippen molar-refractivity contribution in [2.75, 3.05) is 31.7 Å². The minimum atomic E-state index is -0.0441. The summed E-state index contributed by atoms with van der Waals surface area (Å²) in [4.78, 5) is 13.9. The van der Waals surface area contributed by atoms with Crippen molar-refractivity contribution < 1.29 is 9.53 Å². The summed E-state index contributed by atoms with van der Waals surface area (Å²) in [5, 5.41) is 7.42. The molecule has 1 atom stereocenters. The molecule has 2 rings (SSSR count). The van der Waals surface area contributed by atoms with Gasteiger partial charge in [0.1, 0.15) is 0 Å². The number of nitrogens with one attached hydrogen (secondary N) is 1. The number of likely N-dealkylation sites (N-methyl/N-ethyl adjacent to an activating group) is 1. The largest absolute Gasteiger partial charge is 0.383 e. The third-order valence-electron chi connectivity index (χ3n) is 3.11. The molecule has 1 aliphatic heterocycles. The lowest BCUT2D eigenvalue weighted by Crippen LogP contribution is -2.38. The molecular weight excluding hydrogens is 232 g/mol. The minimum absolute atomic E-state index is 0.0441. The van der Waals surface area contributed by atoms with Crippen LogP contribution in [-0.4, -0.2) is 48.5 Å². The second-order valence-electron chi connectivity index (χ2n) is 4.34. The minimum Gasteiger partial charge on any atom is -0.383 e. The molecule has 100 valence electrons. The molecule has 1 aliphatic rings. The van der Waals surface area contributed by atoms with Crippen LogP contribution in [0.1, 0.15) is 13.3 Å². The first-order chi connectivity index (χ1) is 8.76. The maximum Gasteiger partial charge on any atom is 0.244 e. The fourth-order valence-corrected chi connectivity index (χ4v) is 2.17. The van der Waals surface area contributed by atoms with Gasteiger partial charge in [-0.05, 0) is 13.0 Å². The normalized spacial score (nSPS) is 19.8. The zero-order valence-corrected chi connectivity index (χ0v) is 10.9.